The Morgan fingerprint density at radius 2 is 2.15 bits per heavy atom. The van der Waals surface area contributed by atoms with E-state index in [1.165, 1.54) is 5.56 Å². The van der Waals surface area contributed by atoms with Gasteiger partial charge in [0.25, 0.3) is 0 Å². The normalized spacial score (nSPS) is 9.54. The summed E-state index contributed by atoms with van der Waals surface area (Å²) in [7, 11) is 0. The number of benzene rings is 1. The summed E-state index contributed by atoms with van der Waals surface area (Å²) < 4.78 is 1.13. The molecule has 0 spiro atoms. The maximum Gasteiger partial charge on any atom is 0.0621 e. The van der Waals surface area contributed by atoms with Crippen LogP contribution in [-0.4, -0.2) is 0 Å². The van der Waals surface area contributed by atoms with Gasteiger partial charge in [-0.2, -0.15) is 5.26 Å². The Hall–Kier alpha value is -0.810. The van der Waals surface area contributed by atoms with Crippen LogP contribution in [0, 0.1) is 11.3 Å². The van der Waals surface area contributed by atoms with Crippen LogP contribution in [0.2, 0.25) is 0 Å². The van der Waals surface area contributed by atoms with Crippen molar-refractivity contribution in [2.75, 3.05) is 0 Å². The summed E-state index contributed by atoms with van der Waals surface area (Å²) in [5, 5.41) is 8.35. The molecule has 13 heavy (non-hydrogen) atoms. The van der Waals surface area contributed by atoms with Gasteiger partial charge in [-0.15, -0.1) is 0 Å². The van der Waals surface area contributed by atoms with Crippen LogP contribution in [0.5, 0.6) is 0 Å². The summed E-state index contributed by atoms with van der Waals surface area (Å²) in [4.78, 5) is 0. The first kappa shape index (κ1) is 10.3. The molecule has 0 bridgehead atoms. The van der Waals surface area contributed by atoms with Gasteiger partial charge in [-0.05, 0) is 37.0 Å². The Balaban J connectivity index is 2.33. The minimum atomic E-state index is 0.675. The summed E-state index contributed by atoms with van der Waals surface area (Å²) in [6.07, 6.45) is 3.85. The fourth-order valence-corrected chi connectivity index (χ4v) is 1.67. The Labute approximate surface area is 87.5 Å². The number of nitriles is 1. The number of unbranched alkanes of at least 4 members (excludes halogenated alkanes) is 2. The van der Waals surface area contributed by atoms with Gasteiger partial charge >= 0.3 is 0 Å². The summed E-state index contributed by atoms with van der Waals surface area (Å²) in [6.45, 7) is 0. The van der Waals surface area contributed by atoms with Gasteiger partial charge in [-0.1, -0.05) is 28.1 Å². The molecule has 68 valence electrons. The monoisotopic (exact) mass is 237 g/mol. The SMILES string of the molecule is N#CCCCCc1cccc(Br)c1. The molecule has 1 aromatic rings. The smallest absolute Gasteiger partial charge is 0.0621 e. The lowest BCUT2D eigenvalue weighted by atomic mass is 10.1. The van der Waals surface area contributed by atoms with Gasteiger partial charge < -0.3 is 0 Å². The van der Waals surface area contributed by atoms with Crippen LogP contribution in [0.3, 0.4) is 0 Å². The fraction of sp³-hybridized carbons (Fsp3) is 0.364. The van der Waals surface area contributed by atoms with E-state index in [0.717, 1.165) is 23.7 Å². The van der Waals surface area contributed by atoms with E-state index in [2.05, 4.69) is 34.1 Å². The highest BCUT2D eigenvalue weighted by Crippen LogP contribution is 2.13. The van der Waals surface area contributed by atoms with E-state index in [4.69, 9.17) is 5.26 Å². The second kappa shape index (κ2) is 5.77. The van der Waals surface area contributed by atoms with Crippen molar-refractivity contribution < 1.29 is 0 Å². The zero-order chi connectivity index (χ0) is 9.52. The predicted molar refractivity (Wildman–Crippen MR) is 57.3 cm³/mol. The minimum Gasteiger partial charge on any atom is -0.198 e. The molecule has 0 N–H and O–H groups in total. The third-order valence-corrected chi connectivity index (χ3v) is 2.39. The maximum atomic E-state index is 8.35. The highest BCUT2D eigenvalue weighted by Gasteiger charge is 1.93. The molecule has 0 aliphatic rings. The number of rotatable bonds is 4. The van der Waals surface area contributed by atoms with E-state index in [1.54, 1.807) is 0 Å². The summed E-state index contributed by atoms with van der Waals surface area (Å²) in [5.74, 6) is 0. The van der Waals surface area contributed by atoms with Crippen molar-refractivity contribution >= 4 is 15.9 Å². The van der Waals surface area contributed by atoms with Gasteiger partial charge in [-0.25, -0.2) is 0 Å². The maximum absolute atomic E-state index is 8.35. The van der Waals surface area contributed by atoms with E-state index in [0.29, 0.717) is 6.42 Å². The standard InChI is InChI=1S/C11H12BrN/c12-11-7-4-6-10(9-11)5-2-1-3-8-13/h4,6-7,9H,1-3,5H2. The van der Waals surface area contributed by atoms with Crippen LogP contribution in [0.1, 0.15) is 24.8 Å². The molecule has 2 heteroatoms. The minimum absolute atomic E-state index is 0.675. The number of nitrogens with zero attached hydrogens (tertiary/aromatic N) is 1. The molecule has 1 rings (SSSR count). The van der Waals surface area contributed by atoms with Crippen LogP contribution in [0.4, 0.5) is 0 Å². The van der Waals surface area contributed by atoms with Gasteiger partial charge in [0.15, 0.2) is 0 Å². The molecule has 0 aromatic heterocycles. The van der Waals surface area contributed by atoms with Gasteiger partial charge in [-0.3, -0.25) is 0 Å². The molecular formula is C11H12BrN. The van der Waals surface area contributed by atoms with Crippen molar-refractivity contribution in [3.05, 3.63) is 34.3 Å². The lowest BCUT2D eigenvalue weighted by Gasteiger charge is -1.99. The lowest BCUT2D eigenvalue weighted by Crippen LogP contribution is -1.84. The highest BCUT2D eigenvalue weighted by molar-refractivity contribution is 9.10. The van der Waals surface area contributed by atoms with Crippen molar-refractivity contribution in [2.45, 2.75) is 25.7 Å². The van der Waals surface area contributed by atoms with E-state index in [1.807, 2.05) is 12.1 Å². The Bertz CT molecular complexity index is 301. The predicted octanol–water partition coefficient (Wildman–Crippen LogP) is 3.69. The second-order valence-corrected chi connectivity index (χ2v) is 3.91. The van der Waals surface area contributed by atoms with Crippen LogP contribution in [0.15, 0.2) is 28.7 Å². The number of hydrogen-bond donors (Lipinski definition) is 0. The summed E-state index contributed by atoms with van der Waals surface area (Å²) in [6, 6.07) is 10.5. The molecular weight excluding hydrogens is 226 g/mol. The molecule has 0 radical (unpaired) electrons. The topological polar surface area (TPSA) is 23.8 Å². The van der Waals surface area contributed by atoms with E-state index >= 15 is 0 Å². The van der Waals surface area contributed by atoms with E-state index in [-0.39, 0.29) is 0 Å². The van der Waals surface area contributed by atoms with Crippen molar-refractivity contribution in [3.63, 3.8) is 0 Å². The van der Waals surface area contributed by atoms with Crippen molar-refractivity contribution in [2.24, 2.45) is 0 Å². The third kappa shape index (κ3) is 4.10. The molecule has 0 amide bonds. The quantitative estimate of drug-likeness (QED) is 0.734. The molecule has 0 aliphatic heterocycles. The number of hydrogen-bond acceptors (Lipinski definition) is 1. The van der Waals surface area contributed by atoms with Crippen LogP contribution in [0.25, 0.3) is 0 Å². The van der Waals surface area contributed by atoms with Crippen molar-refractivity contribution in [1.82, 2.24) is 0 Å². The number of halogens is 1. The van der Waals surface area contributed by atoms with Gasteiger partial charge in [0.05, 0.1) is 6.07 Å². The van der Waals surface area contributed by atoms with Gasteiger partial charge in [0.1, 0.15) is 0 Å². The first-order chi connectivity index (χ1) is 6.33. The highest BCUT2D eigenvalue weighted by atomic mass is 79.9. The van der Waals surface area contributed by atoms with E-state index in [9.17, 15) is 0 Å². The Kier molecular flexibility index (Phi) is 4.56. The molecule has 0 heterocycles. The van der Waals surface area contributed by atoms with Crippen molar-refractivity contribution in [3.8, 4) is 6.07 Å². The average molecular weight is 238 g/mol. The van der Waals surface area contributed by atoms with E-state index < -0.39 is 0 Å². The third-order valence-electron chi connectivity index (χ3n) is 1.89. The van der Waals surface area contributed by atoms with Crippen LogP contribution >= 0.6 is 15.9 Å². The molecule has 0 aliphatic carbocycles. The first-order valence-corrected chi connectivity index (χ1v) is 5.23. The molecule has 0 saturated heterocycles. The van der Waals surface area contributed by atoms with Gasteiger partial charge in [0, 0.05) is 10.9 Å². The molecule has 1 nitrogen and oxygen atoms in total. The zero-order valence-corrected chi connectivity index (χ0v) is 9.05. The largest absolute Gasteiger partial charge is 0.198 e. The zero-order valence-electron chi connectivity index (χ0n) is 7.46. The Morgan fingerprint density at radius 3 is 2.85 bits per heavy atom. The van der Waals surface area contributed by atoms with Crippen LogP contribution < -0.4 is 0 Å². The second-order valence-electron chi connectivity index (χ2n) is 3.00. The van der Waals surface area contributed by atoms with Gasteiger partial charge in [0.2, 0.25) is 0 Å². The molecule has 0 unspecified atom stereocenters. The van der Waals surface area contributed by atoms with Crippen LogP contribution in [-0.2, 0) is 6.42 Å². The Morgan fingerprint density at radius 1 is 1.31 bits per heavy atom. The summed E-state index contributed by atoms with van der Waals surface area (Å²) >= 11 is 3.43. The molecule has 0 fully saturated rings. The lowest BCUT2D eigenvalue weighted by molar-refractivity contribution is 0.752. The fourth-order valence-electron chi connectivity index (χ4n) is 1.23. The average Bonchev–Trinajstić information content (AvgIpc) is 2.13. The molecule has 0 atom stereocenters. The first-order valence-electron chi connectivity index (χ1n) is 4.44. The van der Waals surface area contributed by atoms with Crippen molar-refractivity contribution in [1.29, 1.82) is 5.26 Å². The molecule has 1 aromatic carbocycles. The summed E-state index contributed by atoms with van der Waals surface area (Å²) in [5.41, 5.74) is 1.34. The molecule has 0 saturated carbocycles. The number of aryl methyl sites for hydroxylation is 1.